The molecule has 0 amide bonds. The first-order valence-electron chi connectivity index (χ1n) is 9.32. The summed E-state index contributed by atoms with van der Waals surface area (Å²) < 4.78 is 0. The lowest BCUT2D eigenvalue weighted by Gasteiger charge is -1.96. The zero-order valence-corrected chi connectivity index (χ0v) is 16.2. The molecule has 0 saturated carbocycles. The second kappa shape index (κ2) is 11.0. The molecule has 0 saturated heterocycles. The second-order valence-electron chi connectivity index (χ2n) is 6.09. The van der Waals surface area contributed by atoms with Gasteiger partial charge in [0, 0.05) is 33.4 Å². The van der Waals surface area contributed by atoms with Crippen molar-refractivity contribution < 1.29 is 10.2 Å². The molecule has 30 heavy (non-hydrogen) atoms. The molecule has 142 valence electrons. The van der Waals surface area contributed by atoms with Crippen LogP contribution >= 0.6 is 0 Å². The molecule has 0 aliphatic rings. The van der Waals surface area contributed by atoms with Gasteiger partial charge in [-0.25, -0.2) is 0 Å². The molecule has 0 fully saturated rings. The zero-order valence-electron chi connectivity index (χ0n) is 16.2. The predicted octanol–water partition coefficient (Wildman–Crippen LogP) is 3.17. The molecular weight excluding hydrogens is 368 g/mol. The zero-order chi connectivity index (χ0) is 21.0. The van der Waals surface area contributed by atoms with Crippen molar-refractivity contribution in [2.24, 2.45) is 0 Å². The Morgan fingerprint density at radius 3 is 1.10 bits per heavy atom. The lowest BCUT2D eigenvalue weighted by Crippen LogP contribution is -1.85. The van der Waals surface area contributed by atoms with Gasteiger partial charge in [0.05, 0.1) is 0 Å². The highest BCUT2D eigenvalue weighted by molar-refractivity contribution is 5.55. The van der Waals surface area contributed by atoms with Gasteiger partial charge in [-0.2, -0.15) is 0 Å². The number of aliphatic hydroxyl groups excluding tert-OH is 2. The third kappa shape index (κ3) is 5.91. The van der Waals surface area contributed by atoms with E-state index in [1.165, 1.54) is 0 Å². The van der Waals surface area contributed by atoms with Gasteiger partial charge in [-0.05, 0) is 48.5 Å². The molecule has 0 unspecified atom stereocenters. The summed E-state index contributed by atoms with van der Waals surface area (Å²) in [5.74, 6) is 23.7. The molecule has 3 aromatic rings. The van der Waals surface area contributed by atoms with Crippen molar-refractivity contribution in [2.45, 2.75) is 0 Å². The lowest BCUT2D eigenvalue weighted by atomic mass is 10.1. The van der Waals surface area contributed by atoms with Crippen LogP contribution in [0.15, 0.2) is 72.8 Å². The molecule has 0 heterocycles. The van der Waals surface area contributed by atoms with Gasteiger partial charge in [0.15, 0.2) is 0 Å². The Kier molecular flexibility index (Phi) is 7.52. The van der Waals surface area contributed by atoms with E-state index in [1.54, 1.807) is 0 Å². The maximum absolute atomic E-state index is 8.88. The topological polar surface area (TPSA) is 40.5 Å². The van der Waals surface area contributed by atoms with E-state index in [1.807, 2.05) is 72.8 Å². The highest BCUT2D eigenvalue weighted by Gasteiger charge is 1.96. The van der Waals surface area contributed by atoms with Crippen LogP contribution < -0.4 is 0 Å². The van der Waals surface area contributed by atoms with Crippen LogP contribution in [0.3, 0.4) is 0 Å². The fraction of sp³-hybridized carbons (Fsp3) is 0.0714. The van der Waals surface area contributed by atoms with E-state index < -0.39 is 0 Å². The molecule has 3 rings (SSSR count). The largest absolute Gasteiger partial charge is 0.384 e. The first-order valence-corrected chi connectivity index (χ1v) is 9.32. The summed E-state index contributed by atoms with van der Waals surface area (Å²) in [6, 6.07) is 22.9. The van der Waals surface area contributed by atoms with Crippen molar-refractivity contribution >= 4 is 0 Å². The van der Waals surface area contributed by atoms with Crippen LogP contribution in [-0.2, 0) is 0 Å². The van der Waals surface area contributed by atoms with Crippen LogP contribution in [0.2, 0.25) is 0 Å². The highest BCUT2D eigenvalue weighted by Crippen LogP contribution is 2.09. The molecular formula is C28H18O2. The standard InChI is InChI=1S/C28H18O2/c29-21-5-11-25-7-1-3-9-27(25)19-17-23-13-15-24(16-14-23)18-20-28-10-4-2-8-26(28)12-6-22-30/h1-4,7-10,13-16,29-30H,21-22H2. The number of benzene rings is 3. The van der Waals surface area contributed by atoms with Crippen LogP contribution in [0.25, 0.3) is 0 Å². The van der Waals surface area contributed by atoms with Crippen LogP contribution in [0, 0.1) is 47.4 Å². The van der Waals surface area contributed by atoms with E-state index in [2.05, 4.69) is 47.4 Å². The van der Waals surface area contributed by atoms with Crippen LogP contribution in [0.1, 0.15) is 33.4 Å². The summed E-state index contributed by atoms with van der Waals surface area (Å²) in [6.45, 7) is -0.356. The summed E-state index contributed by atoms with van der Waals surface area (Å²) in [6.07, 6.45) is 0. The summed E-state index contributed by atoms with van der Waals surface area (Å²) in [5, 5.41) is 17.8. The summed E-state index contributed by atoms with van der Waals surface area (Å²) in [5.41, 5.74) is 4.99. The number of hydrogen-bond donors (Lipinski definition) is 2. The van der Waals surface area contributed by atoms with E-state index in [4.69, 9.17) is 10.2 Å². The van der Waals surface area contributed by atoms with E-state index in [-0.39, 0.29) is 13.2 Å². The van der Waals surface area contributed by atoms with Gasteiger partial charge in [-0.1, -0.05) is 71.6 Å². The van der Waals surface area contributed by atoms with Crippen LogP contribution in [0.5, 0.6) is 0 Å². The van der Waals surface area contributed by atoms with Gasteiger partial charge in [-0.15, -0.1) is 0 Å². The van der Waals surface area contributed by atoms with E-state index in [0.29, 0.717) is 0 Å². The molecule has 0 aliphatic heterocycles. The molecule has 0 spiro atoms. The molecule has 0 aromatic heterocycles. The van der Waals surface area contributed by atoms with Gasteiger partial charge in [-0.3, -0.25) is 0 Å². The van der Waals surface area contributed by atoms with E-state index in [0.717, 1.165) is 33.4 Å². The van der Waals surface area contributed by atoms with Gasteiger partial charge >= 0.3 is 0 Å². The monoisotopic (exact) mass is 386 g/mol. The maximum Gasteiger partial charge on any atom is 0.104 e. The first kappa shape index (κ1) is 20.6. The smallest absolute Gasteiger partial charge is 0.104 e. The van der Waals surface area contributed by atoms with Crippen molar-refractivity contribution in [1.82, 2.24) is 0 Å². The molecule has 3 aromatic carbocycles. The van der Waals surface area contributed by atoms with Crippen molar-refractivity contribution in [3.63, 3.8) is 0 Å². The normalized spacial score (nSPS) is 8.87. The Hall–Kier alpha value is -4.18. The summed E-state index contributed by atoms with van der Waals surface area (Å²) in [7, 11) is 0. The van der Waals surface area contributed by atoms with Crippen molar-refractivity contribution in [3.8, 4) is 47.4 Å². The number of hydrogen-bond acceptors (Lipinski definition) is 2. The average Bonchev–Trinajstić information content (AvgIpc) is 2.80. The van der Waals surface area contributed by atoms with Crippen LogP contribution in [-0.4, -0.2) is 23.4 Å². The fourth-order valence-electron chi connectivity index (χ4n) is 2.59. The molecule has 0 bridgehead atoms. The molecule has 0 aliphatic carbocycles. The first-order chi connectivity index (χ1) is 14.8. The number of rotatable bonds is 0. The Morgan fingerprint density at radius 2 is 0.767 bits per heavy atom. The minimum Gasteiger partial charge on any atom is -0.384 e. The van der Waals surface area contributed by atoms with Gasteiger partial charge in [0.2, 0.25) is 0 Å². The molecule has 0 radical (unpaired) electrons. The SMILES string of the molecule is OCC#Cc1ccccc1C#Cc1ccc(C#Cc2ccccc2C#CCO)cc1. The Morgan fingerprint density at radius 1 is 0.433 bits per heavy atom. The van der Waals surface area contributed by atoms with Crippen LogP contribution in [0.4, 0.5) is 0 Å². The van der Waals surface area contributed by atoms with Gasteiger partial charge < -0.3 is 10.2 Å². The minimum atomic E-state index is -0.178. The molecule has 2 nitrogen and oxygen atoms in total. The Bertz CT molecular complexity index is 1170. The lowest BCUT2D eigenvalue weighted by molar-refractivity contribution is 0.350. The Balaban J connectivity index is 1.79. The second-order valence-corrected chi connectivity index (χ2v) is 6.09. The summed E-state index contributed by atoms with van der Waals surface area (Å²) in [4.78, 5) is 0. The third-order valence-electron chi connectivity index (χ3n) is 4.03. The van der Waals surface area contributed by atoms with Crippen molar-refractivity contribution in [2.75, 3.05) is 13.2 Å². The Labute approximate surface area is 177 Å². The van der Waals surface area contributed by atoms with E-state index in [9.17, 15) is 0 Å². The minimum absolute atomic E-state index is 0.178. The summed E-state index contributed by atoms with van der Waals surface area (Å²) >= 11 is 0. The third-order valence-corrected chi connectivity index (χ3v) is 4.03. The predicted molar refractivity (Wildman–Crippen MR) is 119 cm³/mol. The maximum atomic E-state index is 8.88. The average molecular weight is 386 g/mol. The van der Waals surface area contributed by atoms with Crippen molar-refractivity contribution in [3.05, 3.63) is 106 Å². The quantitative estimate of drug-likeness (QED) is 0.583. The van der Waals surface area contributed by atoms with E-state index >= 15 is 0 Å². The molecule has 2 N–H and O–H groups in total. The van der Waals surface area contributed by atoms with Crippen molar-refractivity contribution in [1.29, 1.82) is 0 Å². The fourth-order valence-corrected chi connectivity index (χ4v) is 2.59. The van der Waals surface area contributed by atoms with Gasteiger partial charge in [0.25, 0.3) is 0 Å². The molecule has 0 atom stereocenters. The highest BCUT2D eigenvalue weighted by atomic mass is 16.3. The molecule has 2 heteroatoms. The number of aliphatic hydroxyl groups is 2. The van der Waals surface area contributed by atoms with Gasteiger partial charge in [0.1, 0.15) is 13.2 Å².